The normalized spacial score (nSPS) is 21.2. The largest absolute Gasteiger partial charge is 0.463 e. The lowest BCUT2D eigenvalue weighted by Crippen LogP contribution is -2.24. The Morgan fingerprint density at radius 1 is 1.13 bits per heavy atom. The van der Waals surface area contributed by atoms with E-state index in [0.29, 0.717) is 18.3 Å². The molecule has 5 heteroatoms. The molecule has 0 N–H and O–H groups in total. The van der Waals surface area contributed by atoms with Crippen molar-refractivity contribution in [1.29, 1.82) is 0 Å². The Bertz CT molecular complexity index is 665. The standard InChI is InChI=1S/C25H38O5/c1-6-7-17-25(3,4)18-11-12-20-15-16-23(30-19(2)26)21(20)13-9-8-10-14-22(27)24(28)29-5/h11-12,20-21,23H,8-10,13-18H2,1-5H3/t20-,21+,23-/m0/s1. The highest BCUT2D eigenvalue weighted by atomic mass is 16.5. The molecule has 168 valence electrons. The average Bonchev–Trinajstić information content (AvgIpc) is 3.06. The first-order chi connectivity index (χ1) is 14.2. The van der Waals surface area contributed by atoms with E-state index in [1.807, 2.05) is 6.92 Å². The first kappa shape index (κ1) is 25.9. The summed E-state index contributed by atoms with van der Waals surface area (Å²) in [5.41, 5.74) is 0.148. The number of rotatable bonds is 12. The van der Waals surface area contributed by atoms with Gasteiger partial charge in [0.1, 0.15) is 6.10 Å². The van der Waals surface area contributed by atoms with Gasteiger partial charge in [0.2, 0.25) is 5.78 Å². The third-order valence-corrected chi connectivity index (χ3v) is 5.78. The molecule has 0 aromatic heterocycles. The van der Waals surface area contributed by atoms with E-state index in [9.17, 15) is 14.4 Å². The van der Waals surface area contributed by atoms with Crippen LogP contribution in [0, 0.1) is 29.1 Å². The third-order valence-electron chi connectivity index (χ3n) is 5.78. The monoisotopic (exact) mass is 418 g/mol. The minimum absolute atomic E-state index is 0.0344. The van der Waals surface area contributed by atoms with Crippen molar-refractivity contribution in [3.63, 3.8) is 0 Å². The third kappa shape index (κ3) is 9.61. The average molecular weight is 419 g/mol. The second-order valence-electron chi connectivity index (χ2n) is 8.97. The minimum atomic E-state index is -0.765. The Hall–Kier alpha value is -2.09. The quantitative estimate of drug-likeness (QED) is 0.146. The van der Waals surface area contributed by atoms with Gasteiger partial charge in [0.05, 0.1) is 7.11 Å². The minimum Gasteiger partial charge on any atom is -0.463 e. The van der Waals surface area contributed by atoms with Crippen LogP contribution in [-0.2, 0) is 23.9 Å². The van der Waals surface area contributed by atoms with Crippen molar-refractivity contribution in [3.05, 3.63) is 12.2 Å². The van der Waals surface area contributed by atoms with Crippen LogP contribution in [0.4, 0.5) is 0 Å². The Morgan fingerprint density at radius 3 is 2.50 bits per heavy atom. The molecule has 0 amide bonds. The summed E-state index contributed by atoms with van der Waals surface area (Å²) in [7, 11) is 1.22. The van der Waals surface area contributed by atoms with Crippen LogP contribution in [0.15, 0.2) is 12.2 Å². The number of methoxy groups -OCH3 is 1. The van der Waals surface area contributed by atoms with Gasteiger partial charge in [-0.2, -0.15) is 0 Å². The first-order valence-electron chi connectivity index (χ1n) is 11.0. The predicted molar refractivity (Wildman–Crippen MR) is 117 cm³/mol. The first-order valence-corrected chi connectivity index (χ1v) is 11.0. The molecule has 0 heterocycles. The summed E-state index contributed by atoms with van der Waals surface area (Å²) in [6.45, 7) is 7.79. The zero-order valence-electron chi connectivity index (χ0n) is 19.3. The van der Waals surface area contributed by atoms with E-state index in [-0.39, 0.29) is 23.9 Å². The molecule has 30 heavy (non-hydrogen) atoms. The number of carbonyl (C=O) groups is 3. The number of hydrogen-bond donors (Lipinski definition) is 0. The van der Waals surface area contributed by atoms with Crippen molar-refractivity contribution < 1.29 is 23.9 Å². The van der Waals surface area contributed by atoms with Crippen molar-refractivity contribution in [2.24, 2.45) is 17.3 Å². The van der Waals surface area contributed by atoms with Crippen LogP contribution in [0.5, 0.6) is 0 Å². The highest BCUT2D eigenvalue weighted by Crippen LogP contribution is 2.39. The zero-order chi connectivity index (χ0) is 22.6. The lowest BCUT2D eigenvalue weighted by atomic mass is 9.84. The van der Waals surface area contributed by atoms with Crippen LogP contribution < -0.4 is 0 Å². The van der Waals surface area contributed by atoms with E-state index in [4.69, 9.17) is 4.74 Å². The van der Waals surface area contributed by atoms with Gasteiger partial charge < -0.3 is 9.47 Å². The van der Waals surface area contributed by atoms with Crippen molar-refractivity contribution >= 4 is 17.7 Å². The molecule has 0 unspecified atom stereocenters. The molecule has 1 saturated carbocycles. The van der Waals surface area contributed by atoms with Gasteiger partial charge in [0, 0.05) is 25.7 Å². The van der Waals surface area contributed by atoms with Gasteiger partial charge in [-0.05, 0) is 50.4 Å². The van der Waals surface area contributed by atoms with Crippen molar-refractivity contribution in [2.75, 3.05) is 7.11 Å². The molecule has 1 fully saturated rings. The number of carbonyl (C=O) groups excluding carboxylic acids is 3. The van der Waals surface area contributed by atoms with Crippen LogP contribution in [0.3, 0.4) is 0 Å². The maximum atomic E-state index is 11.5. The summed E-state index contributed by atoms with van der Waals surface area (Å²) >= 11 is 0. The van der Waals surface area contributed by atoms with E-state index in [1.54, 1.807) is 0 Å². The van der Waals surface area contributed by atoms with E-state index < -0.39 is 11.8 Å². The predicted octanol–water partition coefficient (Wildman–Crippen LogP) is 5.02. The van der Waals surface area contributed by atoms with Crippen molar-refractivity contribution in [3.8, 4) is 11.8 Å². The smallest absolute Gasteiger partial charge is 0.374 e. The number of ether oxygens (including phenoxy) is 2. The summed E-state index contributed by atoms with van der Waals surface area (Å²) in [6.07, 6.45) is 12.0. The van der Waals surface area contributed by atoms with Crippen LogP contribution in [0.25, 0.3) is 0 Å². The van der Waals surface area contributed by atoms with Crippen molar-refractivity contribution in [2.45, 2.75) is 91.6 Å². The van der Waals surface area contributed by atoms with E-state index >= 15 is 0 Å². The van der Waals surface area contributed by atoms with E-state index in [2.05, 4.69) is 42.6 Å². The molecule has 1 aliphatic carbocycles. The fraction of sp³-hybridized carbons (Fsp3) is 0.720. The van der Waals surface area contributed by atoms with Gasteiger partial charge in [0.25, 0.3) is 0 Å². The molecule has 0 radical (unpaired) electrons. The molecule has 0 aromatic carbocycles. The number of esters is 2. The van der Waals surface area contributed by atoms with E-state index in [0.717, 1.165) is 44.9 Å². The Balaban J connectivity index is 2.58. The number of unbranched alkanes of at least 4 members (excludes halogenated alkanes) is 2. The summed E-state index contributed by atoms with van der Waals surface area (Å²) in [5.74, 6) is 5.39. The van der Waals surface area contributed by atoms with Gasteiger partial charge in [-0.3, -0.25) is 9.59 Å². The lowest BCUT2D eigenvalue weighted by Gasteiger charge is -2.24. The molecule has 0 aliphatic heterocycles. The van der Waals surface area contributed by atoms with Crippen LogP contribution in [0.2, 0.25) is 0 Å². The second kappa shape index (κ2) is 13.3. The Labute approximate surface area is 182 Å². The van der Waals surface area contributed by atoms with E-state index in [1.165, 1.54) is 14.0 Å². The van der Waals surface area contributed by atoms with Gasteiger partial charge in [-0.1, -0.05) is 38.8 Å². The summed E-state index contributed by atoms with van der Waals surface area (Å²) in [5, 5.41) is 0. The Kier molecular flexibility index (Phi) is 11.5. The summed E-state index contributed by atoms with van der Waals surface area (Å²) in [4.78, 5) is 34.2. The molecular weight excluding hydrogens is 380 g/mol. The number of allylic oxidation sites excluding steroid dienone is 2. The fourth-order valence-electron chi connectivity index (χ4n) is 4.08. The highest BCUT2D eigenvalue weighted by Gasteiger charge is 2.36. The van der Waals surface area contributed by atoms with Crippen LogP contribution in [0.1, 0.15) is 85.5 Å². The maximum absolute atomic E-state index is 11.5. The molecular formula is C25H38O5. The zero-order valence-corrected chi connectivity index (χ0v) is 19.3. The molecule has 3 atom stereocenters. The number of ketones is 1. The lowest BCUT2D eigenvalue weighted by molar-refractivity contribution is -0.151. The molecule has 5 nitrogen and oxygen atoms in total. The topological polar surface area (TPSA) is 69.7 Å². The summed E-state index contributed by atoms with van der Waals surface area (Å²) in [6, 6.07) is 0. The molecule has 0 saturated heterocycles. The number of Topliss-reactive ketones (excluding diaryl/α,β-unsaturated/α-hetero) is 1. The number of hydrogen-bond acceptors (Lipinski definition) is 5. The van der Waals surface area contributed by atoms with Crippen LogP contribution >= 0.6 is 0 Å². The van der Waals surface area contributed by atoms with Gasteiger partial charge in [-0.25, -0.2) is 4.79 Å². The fourth-order valence-corrected chi connectivity index (χ4v) is 4.08. The molecule has 0 spiro atoms. The SMILES string of the molecule is CC#CCC(C)(C)CC=C[C@H]1CC[C@H](OC(C)=O)[C@@H]1CCCCCC(=O)C(=O)OC. The van der Waals surface area contributed by atoms with Gasteiger partial charge >= 0.3 is 11.9 Å². The highest BCUT2D eigenvalue weighted by molar-refractivity contribution is 6.33. The molecule has 1 rings (SSSR count). The molecule has 1 aliphatic rings. The second-order valence-corrected chi connectivity index (χ2v) is 8.97. The van der Waals surface area contributed by atoms with Gasteiger partial charge in [-0.15, -0.1) is 11.8 Å². The molecule has 0 aromatic rings. The van der Waals surface area contributed by atoms with Crippen LogP contribution in [-0.4, -0.2) is 30.9 Å². The molecule has 0 bridgehead atoms. The maximum Gasteiger partial charge on any atom is 0.374 e. The Morgan fingerprint density at radius 2 is 1.87 bits per heavy atom. The van der Waals surface area contributed by atoms with Gasteiger partial charge in [0.15, 0.2) is 0 Å². The van der Waals surface area contributed by atoms with Crippen molar-refractivity contribution in [1.82, 2.24) is 0 Å². The summed E-state index contributed by atoms with van der Waals surface area (Å²) < 4.78 is 10.0.